The summed E-state index contributed by atoms with van der Waals surface area (Å²) in [6, 6.07) is 17.2. The molecule has 150 valence electrons. The lowest BCUT2D eigenvalue weighted by Crippen LogP contribution is -2.27. The zero-order valence-electron chi connectivity index (χ0n) is 16.1. The van der Waals surface area contributed by atoms with Crippen LogP contribution in [0.25, 0.3) is 5.69 Å². The van der Waals surface area contributed by atoms with E-state index in [9.17, 15) is 4.79 Å². The number of carbonyl (C=O) groups excluding carboxylic acids is 1. The third-order valence-corrected chi connectivity index (χ3v) is 5.13. The van der Waals surface area contributed by atoms with E-state index in [1.807, 2.05) is 36.4 Å². The molecule has 0 saturated carbocycles. The minimum atomic E-state index is -0.246. The quantitative estimate of drug-likeness (QED) is 0.533. The van der Waals surface area contributed by atoms with E-state index in [0.717, 1.165) is 18.5 Å². The standard InChI is InChI=1S/C22H19N5O3/c28-22(25-20-10-5-15-3-1-2-4-19(15)20)21-11-18(30-26-21)12-29-17-8-6-16(7-9-17)27-14-23-13-24-27/h1-4,6-9,11,13-14,20H,5,10,12H2,(H,25,28)/t20-/m0/s1. The summed E-state index contributed by atoms with van der Waals surface area (Å²) in [4.78, 5) is 16.5. The third kappa shape index (κ3) is 3.67. The normalized spacial score (nSPS) is 15.0. The molecule has 30 heavy (non-hydrogen) atoms. The van der Waals surface area contributed by atoms with Crippen LogP contribution in [0, 0.1) is 0 Å². The first-order chi connectivity index (χ1) is 14.8. The van der Waals surface area contributed by atoms with Crippen LogP contribution in [0.1, 0.15) is 39.8 Å². The maximum absolute atomic E-state index is 12.6. The molecule has 2 aromatic carbocycles. The highest BCUT2D eigenvalue weighted by atomic mass is 16.5. The number of hydrogen-bond donors (Lipinski definition) is 1. The lowest BCUT2D eigenvalue weighted by Gasteiger charge is -2.12. The van der Waals surface area contributed by atoms with E-state index in [1.165, 1.54) is 17.5 Å². The van der Waals surface area contributed by atoms with E-state index in [4.69, 9.17) is 9.26 Å². The van der Waals surface area contributed by atoms with Gasteiger partial charge in [-0.25, -0.2) is 9.67 Å². The Kier molecular flexibility index (Phi) is 4.72. The first-order valence-electron chi connectivity index (χ1n) is 9.68. The van der Waals surface area contributed by atoms with Crippen molar-refractivity contribution in [3.05, 3.63) is 89.8 Å². The molecule has 8 nitrogen and oxygen atoms in total. The smallest absolute Gasteiger partial charge is 0.273 e. The average Bonchev–Trinajstić information content (AvgIpc) is 3.54. The molecule has 0 bridgehead atoms. The number of rotatable bonds is 6. The van der Waals surface area contributed by atoms with Crippen LogP contribution < -0.4 is 10.1 Å². The SMILES string of the molecule is O=C(N[C@H]1CCc2ccccc21)c1cc(COc2ccc(-n3cncn3)cc2)on1. The molecule has 0 aliphatic heterocycles. The molecule has 2 heterocycles. The Morgan fingerprint density at radius 3 is 2.90 bits per heavy atom. The monoisotopic (exact) mass is 401 g/mol. The Morgan fingerprint density at radius 1 is 1.20 bits per heavy atom. The van der Waals surface area contributed by atoms with Crippen LogP contribution >= 0.6 is 0 Å². The number of aryl methyl sites for hydroxylation is 1. The summed E-state index contributed by atoms with van der Waals surface area (Å²) in [6.45, 7) is 0.176. The minimum absolute atomic E-state index is 0.00796. The van der Waals surface area contributed by atoms with Crippen LogP contribution in [0.4, 0.5) is 0 Å². The largest absolute Gasteiger partial charge is 0.486 e. The summed E-state index contributed by atoms with van der Waals surface area (Å²) in [5, 5.41) is 11.0. The molecule has 8 heteroatoms. The summed E-state index contributed by atoms with van der Waals surface area (Å²) in [5.41, 5.74) is 3.59. The summed E-state index contributed by atoms with van der Waals surface area (Å²) in [5.74, 6) is 0.903. The molecular weight excluding hydrogens is 382 g/mol. The van der Waals surface area contributed by atoms with Crippen LogP contribution in [-0.2, 0) is 13.0 Å². The summed E-state index contributed by atoms with van der Waals surface area (Å²) in [7, 11) is 0. The van der Waals surface area contributed by atoms with E-state index in [1.54, 1.807) is 17.1 Å². The Hall–Kier alpha value is -3.94. The van der Waals surface area contributed by atoms with Crippen LogP contribution in [0.15, 0.2) is 71.8 Å². The summed E-state index contributed by atoms with van der Waals surface area (Å²) < 4.78 is 12.7. The van der Waals surface area contributed by atoms with Gasteiger partial charge in [0.1, 0.15) is 25.0 Å². The van der Waals surface area contributed by atoms with Crippen molar-refractivity contribution in [3.8, 4) is 11.4 Å². The van der Waals surface area contributed by atoms with E-state index < -0.39 is 0 Å². The Labute approximate surface area is 172 Å². The Morgan fingerprint density at radius 2 is 2.07 bits per heavy atom. The number of nitrogens with one attached hydrogen (secondary N) is 1. The third-order valence-electron chi connectivity index (χ3n) is 5.13. The van der Waals surface area contributed by atoms with Crippen molar-refractivity contribution in [2.75, 3.05) is 0 Å². The second-order valence-electron chi connectivity index (χ2n) is 7.06. The van der Waals surface area contributed by atoms with Gasteiger partial charge in [-0.15, -0.1) is 0 Å². The number of fused-ring (bicyclic) bond motifs is 1. The fourth-order valence-electron chi connectivity index (χ4n) is 3.62. The molecule has 1 N–H and O–H groups in total. The Bertz CT molecular complexity index is 1150. The molecule has 0 saturated heterocycles. The molecule has 4 aromatic rings. The highest BCUT2D eigenvalue weighted by Gasteiger charge is 2.25. The van der Waals surface area contributed by atoms with Crippen molar-refractivity contribution in [2.24, 2.45) is 0 Å². The fraction of sp³-hybridized carbons (Fsp3) is 0.182. The number of hydrogen-bond acceptors (Lipinski definition) is 6. The van der Waals surface area contributed by atoms with Gasteiger partial charge in [-0.05, 0) is 48.2 Å². The highest BCUT2D eigenvalue weighted by Crippen LogP contribution is 2.30. The van der Waals surface area contributed by atoms with Crippen LogP contribution in [0.3, 0.4) is 0 Å². The number of carbonyl (C=O) groups is 1. The van der Waals surface area contributed by atoms with Gasteiger partial charge in [-0.2, -0.15) is 5.10 Å². The van der Waals surface area contributed by atoms with Gasteiger partial charge in [0, 0.05) is 6.07 Å². The molecule has 0 spiro atoms. The topological polar surface area (TPSA) is 95.1 Å². The van der Waals surface area contributed by atoms with Crippen molar-refractivity contribution < 1.29 is 14.1 Å². The van der Waals surface area contributed by atoms with Crippen molar-refractivity contribution in [3.63, 3.8) is 0 Å². The van der Waals surface area contributed by atoms with Gasteiger partial charge in [-0.3, -0.25) is 4.79 Å². The average molecular weight is 401 g/mol. The lowest BCUT2D eigenvalue weighted by molar-refractivity contribution is 0.0927. The number of ether oxygens (including phenoxy) is 1. The van der Waals surface area contributed by atoms with Gasteiger partial charge in [0.15, 0.2) is 11.5 Å². The van der Waals surface area contributed by atoms with E-state index in [2.05, 4.69) is 32.7 Å². The van der Waals surface area contributed by atoms with Crippen LogP contribution in [0.2, 0.25) is 0 Å². The van der Waals surface area contributed by atoms with Gasteiger partial charge in [0.2, 0.25) is 0 Å². The maximum atomic E-state index is 12.6. The number of benzene rings is 2. The Balaban J connectivity index is 1.18. The molecular formula is C22H19N5O3. The zero-order valence-corrected chi connectivity index (χ0v) is 16.1. The van der Waals surface area contributed by atoms with E-state index in [-0.39, 0.29) is 24.2 Å². The number of amides is 1. The molecule has 1 aliphatic carbocycles. The van der Waals surface area contributed by atoms with E-state index >= 15 is 0 Å². The molecule has 0 radical (unpaired) electrons. The van der Waals surface area contributed by atoms with Crippen molar-refractivity contribution >= 4 is 5.91 Å². The van der Waals surface area contributed by atoms with Gasteiger partial charge >= 0.3 is 0 Å². The van der Waals surface area contributed by atoms with Crippen LogP contribution in [0.5, 0.6) is 5.75 Å². The van der Waals surface area contributed by atoms with Crippen molar-refractivity contribution in [2.45, 2.75) is 25.5 Å². The molecule has 2 aromatic heterocycles. The number of aromatic nitrogens is 4. The highest BCUT2D eigenvalue weighted by molar-refractivity contribution is 5.92. The van der Waals surface area contributed by atoms with Gasteiger partial charge in [-0.1, -0.05) is 29.4 Å². The molecule has 1 amide bonds. The van der Waals surface area contributed by atoms with Crippen molar-refractivity contribution in [1.29, 1.82) is 0 Å². The minimum Gasteiger partial charge on any atom is -0.486 e. The lowest BCUT2D eigenvalue weighted by atomic mass is 10.1. The molecule has 0 unspecified atom stereocenters. The first kappa shape index (κ1) is 18.1. The number of nitrogens with zero attached hydrogens (tertiary/aromatic N) is 4. The predicted octanol–water partition coefficient (Wildman–Crippen LogP) is 3.25. The summed E-state index contributed by atoms with van der Waals surface area (Å²) >= 11 is 0. The zero-order chi connectivity index (χ0) is 20.3. The molecule has 5 rings (SSSR count). The fourth-order valence-corrected chi connectivity index (χ4v) is 3.62. The summed E-state index contributed by atoms with van der Waals surface area (Å²) in [6.07, 6.45) is 4.97. The van der Waals surface area contributed by atoms with Gasteiger partial charge < -0.3 is 14.6 Å². The maximum Gasteiger partial charge on any atom is 0.273 e. The molecule has 1 aliphatic rings. The van der Waals surface area contributed by atoms with E-state index in [0.29, 0.717) is 11.5 Å². The van der Waals surface area contributed by atoms with Crippen molar-refractivity contribution in [1.82, 2.24) is 25.2 Å². The molecule has 0 fully saturated rings. The second kappa shape index (κ2) is 7.82. The van der Waals surface area contributed by atoms with Crippen LogP contribution in [-0.4, -0.2) is 25.8 Å². The first-order valence-corrected chi connectivity index (χ1v) is 9.68. The molecule has 1 atom stereocenters. The van der Waals surface area contributed by atoms with Gasteiger partial charge in [0.05, 0.1) is 11.7 Å². The van der Waals surface area contributed by atoms with Gasteiger partial charge in [0.25, 0.3) is 5.91 Å². The predicted molar refractivity (Wildman–Crippen MR) is 107 cm³/mol. The second-order valence-corrected chi connectivity index (χ2v) is 7.06.